The van der Waals surface area contributed by atoms with Crippen molar-refractivity contribution in [3.8, 4) is 0 Å². The van der Waals surface area contributed by atoms with E-state index in [9.17, 15) is 14.9 Å². The first-order valence-corrected chi connectivity index (χ1v) is 8.47. The van der Waals surface area contributed by atoms with Crippen molar-refractivity contribution in [2.45, 2.75) is 32.1 Å². The van der Waals surface area contributed by atoms with E-state index < -0.39 is 10.8 Å². The summed E-state index contributed by atoms with van der Waals surface area (Å²) in [5, 5.41) is 16.5. The predicted octanol–water partition coefficient (Wildman–Crippen LogP) is 3.74. The molecule has 8 heteroatoms. The second-order valence-electron chi connectivity index (χ2n) is 5.49. The highest BCUT2D eigenvalue weighted by Crippen LogP contribution is 2.25. The summed E-state index contributed by atoms with van der Waals surface area (Å²) in [5.41, 5.74) is 1.23. The zero-order valence-electron chi connectivity index (χ0n) is 13.0. The van der Waals surface area contributed by atoms with E-state index in [0.29, 0.717) is 6.54 Å². The number of nitro groups is 1. The molecule has 0 saturated heterocycles. The van der Waals surface area contributed by atoms with E-state index in [1.54, 1.807) is 0 Å². The molecule has 0 bridgehead atoms. The van der Waals surface area contributed by atoms with Gasteiger partial charge in [-0.3, -0.25) is 20.2 Å². The predicted molar refractivity (Wildman–Crippen MR) is 97.3 cm³/mol. The highest BCUT2D eigenvalue weighted by molar-refractivity contribution is 7.80. The third-order valence-corrected chi connectivity index (χ3v) is 4.31. The molecule has 2 rings (SSSR count). The molecule has 0 aromatic heterocycles. The van der Waals surface area contributed by atoms with Crippen molar-refractivity contribution in [2.24, 2.45) is 0 Å². The van der Waals surface area contributed by atoms with Gasteiger partial charge >= 0.3 is 0 Å². The molecule has 0 fully saturated rings. The van der Waals surface area contributed by atoms with E-state index >= 15 is 0 Å². The SMILES string of the molecule is O=C(NC(=S)NCCC1=CCCCC1)c1ccc(Cl)c([N+](=O)[O-])c1. The van der Waals surface area contributed by atoms with Gasteiger partial charge in [-0.2, -0.15) is 0 Å². The third kappa shape index (κ3) is 5.28. The summed E-state index contributed by atoms with van der Waals surface area (Å²) < 4.78 is 0. The maximum absolute atomic E-state index is 12.1. The summed E-state index contributed by atoms with van der Waals surface area (Å²) in [5.74, 6) is -0.510. The van der Waals surface area contributed by atoms with Gasteiger partial charge in [0.25, 0.3) is 11.6 Å². The van der Waals surface area contributed by atoms with E-state index in [2.05, 4.69) is 16.7 Å². The van der Waals surface area contributed by atoms with Gasteiger partial charge in [-0.05, 0) is 56.5 Å². The number of benzene rings is 1. The zero-order valence-corrected chi connectivity index (χ0v) is 14.6. The van der Waals surface area contributed by atoms with Crippen molar-refractivity contribution < 1.29 is 9.72 Å². The number of halogens is 1. The molecule has 1 aromatic rings. The fraction of sp³-hybridized carbons (Fsp3) is 0.375. The van der Waals surface area contributed by atoms with Crippen LogP contribution in [0.2, 0.25) is 5.02 Å². The van der Waals surface area contributed by atoms with Crippen LogP contribution in [-0.4, -0.2) is 22.5 Å². The second kappa shape index (κ2) is 8.75. The van der Waals surface area contributed by atoms with Crippen LogP contribution < -0.4 is 10.6 Å². The third-order valence-electron chi connectivity index (χ3n) is 3.75. The number of hydrogen-bond acceptors (Lipinski definition) is 4. The summed E-state index contributed by atoms with van der Waals surface area (Å²) in [6.07, 6.45) is 7.88. The lowest BCUT2D eigenvalue weighted by molar-refractivity contribution is -0.384. The number of carbonyl (C=O) groups is 1. The zero-order chi connectivity index (χ0) is 17.5. The number of carbonyl (C=O) groups excluding carboxylic acids is 1. The number of thiocarbonyl (C=S) groups is 1. The molecule has 2 N–H and O–H groups in total. The molecule has 0 unspecified atom stereocenters. The van der Waals surface area contributed by atoms with Crippen LogP contribution in [0.3, 0.4) is 0 Å². The molecule has 0 aliphatic heterocycles. The molecule has 0 spiro atoms. The molecule has 0 radical (unpaired) electrons. The normalized spacial score (nSPS) is 13.8. The lowest BCUT2D eigenvalue weighted by atomic mass is 9.97. The van der Waals surface area contributed by atoms with Crippen LogP contribution in [0.15, 0.2) is 29.8 Å². The van der Waals surface area contributed by atoms with Crippen LogP contribution in [0, 0.1) is 10.1 Å². The van der Waals surface area contributed by atoms with Gasteiger partial charge in [0.05, 0.1) is 4.92 Å². The number of rotatable bonds is 5. The highest BCUT2D eigenvalue weighted by Gasteiger charge is 2.16. The van der Waals surface area contributed by atoms with E-state index in [-0.39, 0.29) is 21.4 Å². The Morgan fingerprint density at radius 1 is 1.38 bits per heavy atom. The number of hydrogen-bond donors (Lipinski definition) is 2. The molecular formula is C16H18ClN3O3S. The van der Waals surface area contributed by atoms with Gasteiger partial charge in [-0.15, -0.1) is 0 Å². The molecule has 1 aliphatic carbocycles. The number of nitro benzene ring substituents is 1. The van der Waals surface area contributed by atoms with Crippen LogP contribution in [-0.2, 0) is 0 Å². The van der Waals surface area contributed by atoms with E-state index in [1.165, 1.54) is 30.5 Å². The van der Waals surface area contributed by atoms with Crippen molar-refractivity contribution in [3.05, 3.63) is 50.5 Å². The Kier molecular flexibility index (Phi) is 6.69. The maximum Gasteiger partial charge on any atom is 0.288 e. The van der Waals surface area contributed by atoms with Crippen LogP contribution >= 0.6 is 23.8 Å². The second-order valence-corrected chi connectivity index (χ2v) is 6.31. The van der Waals surface area contributed by atoms with Crippen molar-refractivity contribution >= 4 is 40.5 Å². The summed E-state index contributed by atoms with van der Waals surface area (Å²) in [4.78, 5) is 22.3. The molecule has 24 heavy (non-hydrogen) atoms. The fourth-order valence-corrected chi connectivity index (χ4v) is 2.86. The average Bonchev–Trinajstić information content (AvgIpc) is 2.55. The summed E-state index contributed by atoms with van der Waals surface area (Å²) in [6, 6.07) is 3.87. The lowest BCUT2D eigenvalue weighted by Crippen LogP contribution is -2.39. The Morgan fingerprint density at radius 2 is 2.17 bits per heavy atom. The van der Waals surface area contributed by atoms with Crippen molar-refractivity contribution in [1.29, 1.82) is 0 Å². The van der Waals surface area contributed by atoms with Gasteiger partial charge in [0.2, 0.25) is 0 Å². The standard InChI is InChI=1S/C16H18ClN3O3S/c17-13-7-6-12(10-14(13)20(22)23)15(21)19-16(24)18-9-8-11-4-2-1-3-5-11/h4,6-7,10H,1-3,5,8-9H2,(H2,18,19,21,24). The minimum Gasteiger partial charge on any atom is -0.362 e. The van der Waals surface area contributed by atoms with Crippen molar-refractivity contribution in [1.82, 2.24) is 10.6 Å². The molecule has 0 heterocycles. The quantitative estimate of drug-likeness (QED) is 0.358. The average molecular weight is 368 g/mol. The first kappa shape index (κ1) is 18.4. The van der Waals surface area contributed by atoms with Gasteiger partial charge in [-0.25, -0.2) is 0 Å². The molecule has 0 atom stereocenters. The smallest absolute Gasteiger partial charge is 0.288 e. The first-order chi connectivity index (χ1) is 11.5. The minimum absolute atomic E-state index is 0.0157. The Hall–Kier alpha value is -1.99. The molecule has 6 nitrogen and oxygen atoms in total. The summed E-state index contributed by atoms with van der Waals surface area (Å²) in [6.45, 7) is 0.645. The van der Waals surface area contributed by atoms with Crippen molar-refractivity contribution in [3.63, 3.8) is 0 Å². The topological polar surface area (TPSA) is 84.3 Å². The Bertz CT molecular complexity index is 691. The van der Waals surface area contributed by atoms with Crippen molar-refractivity contribution in [2.75, 3.05) is 6.54 Å². The van der Waals surface area contributed by atoms with E-state index in [1.807, 2.05) is 0 Å². The van der Waals surface area contributed by atoms with Gasteiger partial charge < -0.3 is 5.32 Å². The van der Waals surface area contributed by atoms with Crippen LogP contribution in [0.1, 0.15) is 42.5 Å². The molecular weight excluding hydrogens is 350 g/mol. The van der Waals surface area contributed by atoms with Gasteiger partial charge in [0, 0.05) is 18.2 Å². The Balaban J connectivity index is 1.85. The van der Waals surface area contributed by atoms with Crippen LogP contribution in [0.5, 0.6) is 0 Å². The summed E-state index contributed by atoms with van der Waals surface area (Å²) >= 11 is 10.8. The van der Waals surface area contributed by atoms with E-state index in [4.69, 9.17) is 23.8 Å². The molecule has 1 amide bonds. The monoisotopic (exact) mass is 367 g/mol. The van der Waals surface area contributed by atoms with E-state index in [0.717, 1.165) is 25.3 Å². The highest BCUT2D eigenvalue weighted by atomic mass is 35.5. The maximum atomic E-state index is 12.1. The number of nitrogens with one attached hydrogen (secondary N) is 2. The molecule has 1 aliphatic rings. The molecule has 0 saturated carbocycles. The molecule has 128 valence electrons. The Labute approximate surface area is 150 Å². The lowest BCUT2D eigenvalue weighted by Gasteiger charge is -2.14. The largest absolute Gasteiger partial charge is 0.362 e. The van der Waals surface area contributed by atoms with Crippen LogP contribution in [0.25, 0.3) is 0 Å². The molecule has 1 aromatic carbocycles. The van der Waals surface area contributed by atoms with Gasteiger partial charge in [-0.1, -0.05) is 23.3 Å². The van der Waals surface area contributed by atoms with Crippen LogP contribution in [0.4, 0.5) is 5.69 Å². The number of allylic oxidation sites excluding steroid dienone is 1. The Morgan fingerprint density at radius 3 is 2.83 bits per heavy atom. The number of nitrogens with zero attached hydrogens (tertiary/aromatic N) is 1. The van der Waals surface area contributed by atoms with Gasteiger partial charge in [0.1, 0.15) is 5.02 Å². The minimum atomic E-state index is -0.631. The first-order valence-electron chi connectivity index (χ1n) is 7.68. The summed E-state index contributed by atoms with van der Waals surface area (Å²) in [7, 11) is 0. The fourth-order valence-electron chi connectivity index (χ4n) is 2.48. The number of amides is 1. The van der Waals surface area contributed by atoms with Gasteiger partial charge in [0.15, 0.2) is 5.11 Å².